The zero-order valence-corrected chi connectivity index (χ0v) is 11.2. The van der Waals surface area contributed by atoms with Crippen LogP contribution in [0.3, 0.4) is 0 Å². The van der Waals surface area contributed by atoms with Crippen molar-refractivity contribution in [2.45, 2.75) is 13.3 Å². The van der Waals surface area contributed by atoms with Gasteiger partial charge in [-0.1, -0.05) is 33.6 Å². The molecule has 1 aromatic rings. The highest BCUT2D eigenvalue weighted by molar-refractivity contribution is 9.09. The number of methoxy groups -OCH3 is 1. The molecule has 0 spiro atoms. The third-order valence-corrected chi connectivity index (χ3v) is 2.84. The predicted octanol–water partition coefficient (Wildman–Crippen LogP) is 4.54. The van der Waals surface area contributed by atoms with E-state index in [0.29, 0.717) is 0 Å². The molecule has 0 bridgehead atoms. The summed E-state index contributed by atoms with van der Waals surface area (Å²) >= 11 is 9.36. The van der Waals surface area contributed by atoms with Crippen molar-refractivity contribution in [1.29, 1.82) is 0 Å². The molecule has 15 heavy (non-hydrogen) atoms. The Hall–Kier alpha value is -0.470. The zero-order chi connectivity index (χ0) is 11.3. The van der Waals surface area contributed by atoms with Crippen LogP contribution in [0.4, 0.5) is 0 Å². The largest absolute Gasteiger partial charge is 0.496 e. The smallest absolute Gasteiger partial charge is 0.126 e. The Labute approximate surface area is 104 Å². The minimum Gasteiger partial charge on any atom is -0.496 e. The van der Waals surface area contributed by atoms with E-state index >= 15 is 0 Å². The lowest BCUT2D eigenvalue weighted by atomic mass is 10.1. The number of halogens is 2. The Bertz CT molecular complexity index is 361. The molecule has 1 nitrogen and oxygen atoms in total. The van der Waals surface area contributed by atoms with Crippen LogP contribution in [-0.2, 0) is 0 Å². The SMILES string of the molecule is COc1ccc(Cl)cc1C(C)=CCCBr. The van der Waals surface area contributed by atoms with Crippen molar-refractivity contribution in [3.05, 3.63) is 34.9 Å². The summed E-state index contributed by atoms with van der Waals surface area (Å²) in [6.45, 7) is 2.07. The van der Waals surface area contributed by atoms with Crippen LogP contribution in [0.2, 0.25) is 5.02 Å². The van der Waals surface area contributed by atoms with Crippen molar-refractivity contribution in [3.63, 3.8) is 0 Å². The average Bonchev–Trinajstić information content (AvgIpc) is 2.25. The van der Waals surface area contributed by atoms with E-state index in [-0.39, 0.29) is 0 Å². The maximum absolute atomic E-state index is 5.96. The second-order valence-corrected chi connectivity index (χ2v) is 4.44. The molecule has 82 valence electrons. The molecule has 0 radical (unpaired) electrons. The summed E-state index contributed by atoms with van der Waals surface area (Å²) in [5, 5.41) is 1.70. The van der Waals surface area contributed by atoms with Gasteiger partial charge in [0.15, 0.2) is 0 Å². The molecule has 0 aromatic heterocycles. The second kappa shape index (κ2) is 6.19. The van der Waals surface area contributed by atoms with Gasteiger partial charge in [0.1, 0.15) is 5.75 Å². The lowest BCUT2D eigenvalue weighted by Gasteiger charge is -2.09. The third kappa shape index (κ3) is 3.54. The molecule has 0 aliphatic carbocycles. The molecular formula is C12H14BrClO. The number of hydrogen-bond acceptors (Lipinski definition) is 1. The summed E-state index contributed by atoms with van der Waals surface area (Å²) in [6.07, 6.45) is 3.17. The fourth-order valence-electron chi connectivity index (χ4n) is 1.37. The van der Waals surface area contributed by atoms with Crippen LogP contribution in [-0.4, -0.2) is 12.4 Å². The van der Waals surface area contributed by atoms with Crippen LogP contribution in [0.15, 0.2) is 24.3 Å². The maximum Gasteiger partial charge on any atom is 0.126 e. The van der Waals surface area contributed by atoms with Gasteiger partial charge in [-0.2, -0.15) is 0 Å². The van der Waals surface area contributed by atoms with Gasteiger partial charge in [0.05, 0.1) is 7.11 Å². The quantitative estimate of drug-likeness (QED) is 0.740. The summed E-state index contributed by atoms with van der Waals surface area (Å²) in [5.41, 5.74) is 2.25. The topological polar surface area (TPSA) is 9.23 Å². The minimum atomic E-state index is 0.734. The molecule has 0 N–H and O–H groups in total. The summed E-state index contributed by atoms with van der Waals surface area (Å²) < 4.78 is 5.29. The lowest BCUT2D eigenvalue weighted by molar-refractivity contribution is 0.413. The third-order valence-electron chi connectivity index (χ3n) is 2.15. The number of hydrogen-bond donors (Lipinski definition) is 0. The normalized spacial score (nSPS) is 11.6. The Morgan fingerprint density at radius 2 is 2.27 bits per heavy atom. The molecule has 0 saturated heterocycles. The van der Waals surface area contributed by atoms with Crippen molar-refractivity contribution in [1.82, 2.24) is 0 Å². The molecule has 1 rings (SSSR count). The number of benzene rings is 1. The van der Waals surface area contributed by atoms with Crippen LogP contribution in [0.5, 0.6) is 5.75 Å². The molecule has 0 aliphatic rings. The van der Waals surface area contributed by atoms with Crippen LogP contribution in [0.25, 0.3) is 5.57 Å². The molecule has 0 fully saturated rings. The van der Waals surface area contributed by atoms with Crippen LogP contribution in [0, 0.1) is 0 Å². The second-order valence-electron chi connectivity index (χ2n) is 3.21. The minimum absolute atomic E-state index is 0.734. The van der Waals surface area contributed by atoms with Crippen molar-refractivity contribution in [3.8, 4) is 5.75 Å². The summed E-state index contributed by atoms with van der Waals surface area (Å²) in [7, 11) is 1.67. The van der Waals surface area contributed by atoms with E-state index < -0.39 is 0 Å². The number of alkyl halides is 1. The van der Waals surface area contributed by atoms with Gasteiger partial charge in [0.2, 0.25) is 0 Å². The highest BCUT2D eigenvalue weighted by Crippen LogP contribution is 2.28. The molecule has 1 aromatic carbocycles. The van der Waals surface area contributed by atoms with E-state index in [0.717, 1.165) is 28.1 Å². The molecule has 0 unspecified atom stereocenters. The van der Waals surface area contributed by atoms with Gasteiger partial charge in [0.25, 0.3) is 0 Å². The summed E-state index contributed by atoms with van der Waals surface area (Å²) in [5.74, 6) is 0.864. The van der Waals surface area contributed by atoms with Gasteiger partial charge in [0, 0.05) is 15.9 Å². The van der Waals surface area contributed by atoms with E-state index in [1.54, 1.807) is 7.11 Å². The molecule has 3 heteroatoms. The molecule has 0 saturated carbocycles. The number of allylic oxidation sites excluding steroid dienone is 2. The predicted molar refractivity (Wildman–Crippen MR) is 70.1 cm³/mol. The zero-order valence-electron chi connectivity index (χ0n) is 8.89. The van der Waals surface area contributed by atoms with Gasteiger partial charge in [-0.25, -0.2) is 0 Å². The van der Waals surface area contributed by atoms with E-state index in [9.17, 15) is 0 Å². The fraction of sp³-hybridized carbons (Fsp3) is 0.333. The Morgan fingerprint density at radius 1 is 1.53 bits per heavy atom. The summed E-state index contributed by atoms with van der Waals surface area (Å²) in [6, 6.07) is 5.66. The number of rotatable bonds is 4. The van der Waals surface area contributed by atoms with Gasteiger partial charge >= 0.3 is 0 Å². The van der Waals surface area contributed by atoms with Crippen LogP contribution in [0.1, 0.15) is 18.9 Å². The molecule has 0 heterocycles. The van der Waals surface area contributed by atoms with Gasteiger partial charge in [-0.15, -0.1) is 0 Å². The van der Waals surface area contributed by atoms with E-state index in [1.165, 1.54) is 5.57 Å². The first-order valence-corrected chi connectivity index (χ1v) is 6.25. The van der Waals surface area contributed by atoms with Crippen molar-refractivity contribution in [2.24, 2.45) is 0 Å². The van der Waals surface area contributed by atoms with Gasteiger partial charge in [-0.3, -0.25) is 0 Å². The van der Waals surface area contributed by atoms with Crippen LogP contribution < -0.4 is 4.74 Å². The highest BCUT2D eigenvalue weighted by atomic mass is 79.9. The molecule has 0 aliphatic heterocycles. The highest BCUT2D eigenvalue weighted by Gasteiger charge is 2.04. The summed E-state index contributed by atoms with van der Waals surface area (Å²) in [4.78, 5) is 0. The van der Waals surface area contributed by atoms with Crippen molar-refractivity contribution < 1.29 is 4.74 Å². The molecule has 0 amide bonds. The average molecular weight is 290 g/mol. The lowest BCUT2D eigenvalue weighted by Crippen LogP contribution is -1.90. The first kappa shape index (κ1) is 12.6. The first-order valence-electron chi connectivity index (χ1n) is 4.75. The standard InChI is InChI=1S/C12H14BrClO/c1-9(4-3-7-13)11-8-10(14)5-6-12(11)15-2/h4-6,8H,3,7H2,1-2H3. The van der Waals surface area contributed by atoms with Crippen molar-refractivity contribution >= 4 is 33.1 Å². The van der Waals surface area contributed by atoms with E-state index in [1.807, 2.05) is 18.2 Å². The molecule has 0 atom stereocenters. The van der Waals surface area contributed by atoms with Crippen LogP contribution >= 0.6 is 27.5 Å². The van der Waals surface area contributed by atoms with Gasteiger partial charge in [-0.05, 0) is 37.1 Å². The Morgan fingerprint density at radius 3 is 2.87 bits per heavy atom. The van der Waals surface area contributed by atoms with Gasteiger partial charge < -0.3 is 4.74 Å². The van der Waals surface area contributed by atoms with E-state index in [4.69, 9.17) is 16.3 Å². The fourth-order valence-corrected chi connectivity index (χ4v) is 1.77. The maximum atomic E-state index is 5.96. The monoisotopic (exact) mass is 288 g/mol. The first-order chi connectivity index (χ1) is 7.19. The van der Waals surface area contributed by atoms with Crippen molar-refractivity contribution in [2.75, 3.05) is 12.4 Å². The van der Waals surface area contributed by atoms with E-state index in [2.05, 4.69) is 28.9 Å². The molecular weight excluding hydrogens is 275 g/mol. The number of ether oxygens (including phenoxy) is 1. The Kier molecular flexibility index (Phi) is 5.20. The Balaban J connectivity index is 3.05.